The Labute approximate surface area is 241 Å². The van der Waals surface area contributed by atoms with Gasteiger partial charge in [0, 0.05) is 17.7 Å². The van der Waals surface area contributed by atoms with Crippen LogP contribution in [0.3, 0.4) is 0 Å². The number of anilines is 1. The molecule has 0 radical (unpaired) electrons. The molecule has 0 atom stereocenters. The maximum Gasteiger partial charge on any atom is 0.573 e. The monoisotopic (exact) mass is 571 g/mol. The maximum absolute atomic E-state index is 12.6. The van der Waals surface area contributed by atoms with Crippen LogP contribution in [0.4, 0.5) is 23.7 Å². The summed E-state index contributed by atoms with van der Waals surface area (Å²) in [5, 5.41) is 10.4. The molecule has 0 unspecified atom stereocenters. The molecule has 0 saturated heterocycles. The van der Waals surface area contributed by atoms with Gasteiger partial charge in [-0.05, 0) is 60.7 Å². The predicted molar refractivity (Wildman–Crippen MR) is 155 cm³/mol. The van der Waals surface area contributed by atoms with Crippen molar-refractivity contribution in [2.24, 2.45) is 0 Å². The molecule has 0 aliphatic rings. The van der Waals surface area contributed by atoms with Gasteiger partial charge in [-0.25, -0.2) is 14.5 Å². The molecule has 42 heavy (non-hydrogen) atoms. The van der Waals surface area contributed by atoms with Gasteiger partial charge in [0.15, 0.2) is 5.82 Å². The Kier molecular flexibility index (Phi) is 8.52. The average molecular weight is 572 g/mol. The van der Waals surface area contributed by atoms with Gasteiger partial charge in [0.05, 0.1) is 11.4 Å². The van der Waals surface area contributed by atoms with Crippen LogP contribution in [0, 0.1) is 6.92 Å². The standard InChI is InChI=1S/C32H28F3N5O2/c1-22-7-5-11-28(24-9-3-2-4-10-24)29(22)38-31(41)36-20-6-8-23-12-14-25(15-13-23)30-37-21-40(39-30)26-16-18-27(19-17-26)42-32(33,34)35/h2-5,7,9-19,21H,6,8,20H2,1H3,(H2,36,38,41). The highest BCUT2D eigenvalue weighted by atomic mass is 19.4. The number of ether oxygens (including phenoxy) is 1. The number of carbonyl (C=O) groups excluding carboxylic acids is 1. The van der Waals surface area contributed by atoms with Crippen LogP contribution in [0.15, 0.2) is 103 Å². The number of nitrogens with one attached hydrogen (secondary N) is 2. The van der Waals surface area contributed by atoms with Gasteiger partial charge < -0.3 is 15.4 Å². The fourth-order valence-corrected chi connectivity index (χ4v) is 4.48. The number of amides is 2. The number of carbonyl (C=O) groups is 1. The third-order valence-corrected chi connectivity index (χ3v) is 6.56. The van der Waals surface area contributed by atoms with Crippen molar-refractivity contribution >= 4 is 11.7 Å². The van der Waals surface area contributed by atoms with Crippen molar-refractivity contribution in [3.8, 4) is 34.0 Å². The molecule has 10 heteroatoms. The normalized spacial score (nSPS) is 11.2. The van der Waals surface area contributed by atoms with Crippen LogP contribution in [0.25, 0.3) is 28.2 Å². The molecule has 5 aromatic rings. The summed E-state index contributed by atoms with van der Waals surface area (Å²) in [6, 6.07) is 28.8. The van der Waals surface area contributed by atoms with E-state index in [-0.39, 0.29) is 11.8 Å². The summed E-state index contributed by atoms with van der Waals surface area (Å²) in [6.45, 7) is 2.49. The van der Waals surface area contributed by atoms with Crippen molar-refractivity contribution in [2.75, 3.05) is 11.9 Å². The molecule has 0 fully saturated rings. The predicted octanol–water partition coefficient (Wildman–Crippen LogP) is 7.56. The first-order valence-corrected chi connectivity index (χ1v) is 13.3. The topological polar surface area (TPSA) is 81.1 Å². The lowest BCUT2D eigenvalue weighted by Gasteiger charge is -2.15. The van der Waals surface area contributed by atoms with E-state index in [1.165, 1.54) is 35.3 Å². The first-order valence-electron chi connectivity index (χ1n) is 13.3. The molecule has 5 rings (SSSR count). The van der Waals surface area contributed by atoms with E-state index in [2.05, 4.69) is 25.5 Å². The molecule has 2 N–H and O–H groups in total. The second-order valence-electron chi connectivity index (χ2n) is 9.60. The van der Waals surface area contributed by atoms with E-state index in [0.717, 1.165) is 46.3 Å². The fourth-order valence-electron chi connectivity index (χ4n) is 4.48. The van der Waals surface area contributed by atoms with Gasteiger partial charge in [0.25, 0.3) is 0 Å². The Morgan fingerprint density at radius 1 is 0.881 bits per heavy atom. The molecule has 0 saturated carbocycles. The Morgan fingerprint density at radius 2 is 1.62 bits per heavy atom. The van der Waals surface area contributed by atoms with E-state index in [4.69, 9.17) is 0 Å². The number of benzene rings is 4. The second kappa shape index (κ2) is 12.6. The molecule has 1 heterocycles. The Morgan fingerprint density at radius 3 is 2.33 bits per heavy atom. The second-order valence-corrected chi connectivity index (χ2v) is 9.60. The maximum atomic E-state index is 12.6. The van der Waals surface area contributed by atoms with Crippen molar-refractivity contribution in [1.29, 1.82) is 0 Å². The van der Waals surface area contributed by atoms with E-state index in [0.29, 0.717) is 18.1 Å². The summed E-state index contributed by atoms with van der Waals surface area (Å²) in [5.74, 6) is 0.183. The van der Waals surface area contributed by atoms with Gasteiger partial charge in [-0.3, -0.25) is 0 Å². The summed E-state index contributed by atoms with van der Waals surface area (Å²) in [4.78, 5) is 17.0. The molecule has 0 aliphatic heterocycles. The van der Waals surface area contributed by atoms with Gasteiger partial charge in [0.2, 0.25) is 0 Å². The number of aromatic nitrogens is 3. The van der Waals surface area contributed by atoms with Gasteiger partial charge in [-0.2, -0.15) is 0 Å². The molecule has 4 aromatic carbocycles. The number of urea groups is 1. The summed E-state index contributed by atoms with van der Waals surface area (Å²) >= 11 is 0. The number of para-hydroxylation sites is 1. The summed E-state index contributed by atoms with van der Waals surface area (Å²) < 4.78 is 42.5. The summed E-state index contributed by atoms with van der Waals surface area (Å²) in [5.41, 5.74) is 6.24. The molecular weight excluding hydrogens is 543 g/mol. The third-order valence-electron chi connectivity index (χ3n) is 6.56. The molecule has 0 aliphatic carbocycles. The van der Waals surface area contributed by atoms with E-state index in [1.54, 1.807) is 0 Å². The van der Waals surface area contributed by atoms with Crippen molar-refractivity contribution < 1.29 is 22.7 Å². The first kappa shape index (κ1) is 28.4. The summed E-state index contributed by atoms with van der Waals surface area (Å²) in [7, 11) is 0. The zero-order valence-corrected chi connectivity index (χ0v) is 22.7. The van der Waals surface area contributed by atoms with Crippen molar-refractivity contribution in [3.63, 3.8) is 0 Å². The van der Waals surface area contributed by atoms with E-state index < -0.39 is 6.36 Å². The van der Waals surface area contributed by atoms with Crippen molar-refractivity contribution in [2.45, 2.75) is 26.1 Å². The van der Waals surface area contributed by atoms with E-state index >= 15 is 0 Å². The number of aryl methyl sites for hydroxylation is 2. The molecule has 1 aromatic heterocycles. The summed E-state index contributed by atoms with van der Waals surface area (Å²) in [6.07, 6.45) is -1.71. The molecule has 2 amide bonds. The molecular formula is C32H28F3N5O2. The van der Waals surface area contributed by atoms with Gasteiger partial charge >= 0.3 is 12.4 Å². The Bertz CT molecular complexity index is 1630. The van der Waals surface area contributed by atoms with Gasteiger partial charge in [-0.15, -0.1) is 18.3 Å². The lowest BCUT2D eigenvalue weighted by Crippen LogP contribution is -2.30. The highest BCUT2D eigenvalue weighted by Crippen LogP contribution is 2.30. The number of nitrogens with zero attached hydrogens (tertiary/aromatic N) is 3. The number of hydrogen-bond donors (Lipinski definition) is 2. The zero-order valence-electron chi connectivity index (χ0n) is 22.7. The van der Waals surface area contributed by atoms with E-state index in [9.17, 15) is 18.0 Å². The first-order chi connectivity index (χ1) is 20.2. The van der Waals surface area contributed by atoms with Crippen LogP contribution in [-0.4, -0.2) is 33.7 Å². The Hall–Kier alpha value is -5.12. The van der Waals surface area contributed by atoms with E-state index in [1.807, 2.05) is 79.7 Å². The fraction of sp³-hybridized carbons (Fsp3) is 0.156. The average Bonchev–Trinajstić information content (AvgIpc) is 3.47. The largest absolute Gasteiger partial charge is 0.573 e. The zero-order chi connectivity index (χ0) is 29.5. The van der Waals surface area contributed by atoms with Crippen LogP contribution in [-0.2, 0) is 6.42 Å². The van der Waals surface area contributed by atoms with Crippen molar-refractivity contribution in [1.82, 2.24) is 20.1 Å². The smallest absolute Gasteiger partial charge is 0.406 e. The SMILES string of the molecule is Cc1cccc(-c2ccccc2)c1NC(=O)NCCCc1ccc(-c2ncn(-c3ccc(OC(F)(F)F)cc3)n2)cc1. The number of halogens is 3. The molecule has 214 valence electrons. The van der Waals surface area contributed by atoms with Gasteiger partial charge in [0.1, 0.15) is 12.1 Å². The van der Waals surface area contributed by atoms with Crippen LogP contribution >= 0.6 is 0 Å². The number of rotatable bonds is 9. The number of alkyl halides is 3. The van der Waals surface area contributed by atoms with Crippen LogP contribution < -0.4 is 15.4 Å². The highest BCUT2D eigenvalue weighted by Gasteiger charge is 2.31. The number of hydrogen-bond acceptors (Lipinski definition) is 4. The molecule has 7 nitrogen and oxygen atoms in total. The van der Waals surface area contributed by atoms with Crippen LogP contribution in [0.2, 0.25) is 0 Å². The van der Waals surface area contributed by atoms with Gasteiger partial charge in [-0.1, -0.05) is 72.8 Å². The third kappa shape index (κ3) is 7.34. The Balaban J connectivity index is 1.11. The highest BCUT2D eigenvalue weighted by molar-refractivity contribution is 5.95. The lowest BCUT2D eigenvalue weighted by atomic mass is 10.0. The quantitative estimate of drug-likeness (QED) is 0.179. The molecule has 0 spiro atoms. The van der Waals surface area contributed by atoms with Crippen molar-refractivity contribution in [3.05, 3.63) is 115 Å². The minimum atomic E-state index is -4.74. The minimum absolute atomic E-state index is 0.249. The van der Waals surface area contributed by atoms with Crippen LogP contribution in [0.5, 0.6) is 5.75 Å². The van der Waals surface area contributed by atoms with Crippen LogP contribution in [0.1, 0.15) is 17.5 Å². The minimum Gasteiger partial charge on any atom is -0.406 e. The molecule has 0 bridgehead atoms. The lowest BCUT2D eigenvalue weighted by molar-refractivity contribution is -0.274.